The SMILES string of the molecule is CCC(CCl)(CCl)NC(=O)c1cccc(C)c1I. The molecule has 5 heteroatoms. The fourth-order valence-corrected chi connectivity index (χ4v) is 2.91. The molecule has 0 aliphatic carbocycles. The molecule has 0 spiro atoms. The summed E-state index contributed by atoms with van der Waals surface area (Å²) in [7, 11) is 0. The molecule has 1 aromatic rings. The quantitative estimate of drug-likeness (QED) is 0.589. The van der Waals surface area contributed by atoms with Gasteiger partial charge in [0.1, 0.15) is 0 Å². The Morgan fingerprint density at radius 2 is 2.00 bits per heavy atom. The van der Waals surface area contributed by atoms with Crippen molar-refractivity contribution in [3.8, 4) is 0 Å². The van der Waals surface area contributed by atoms with E-state index in [2.05, 4.69) is 27.9 Å². The van der Waals surface area contributed by atoms with Gasteiger partial charge in [0.2, 0.25) is 0 Å². The molecule has 0 aliphatic heterocycles. The number of benzene rings is 1. The van der Waals surface area contributed by atoms with Crippen LogP contribution >= 0.6 is 45.8 Å². The molecule has 0 heterocycles. The van der Waals surface area contributed by atoms with Crippen molar-refractivity contribution in [2.45, 2.75) is 25.8 Å². The first-order valence-corrected chi connectivity index (χ1v) is 7.84. The zero-order valence-electron chi connectivity index (χ0n) is 10.4. The lowest BCUT2D eigenvalue weighted by Crippen LogP contribution is -2.51. The predicted molar refractivity (Wildman–Crippen MR) is 85.8 cm³/mol. The molecule has 1 rings (SSSR count). The number of hydrogen-bond donors (Lipinski definition) is 1. The summed E-state index contributed by atoms with van der Waals surface area (Å²) in [5, 5.41) is 2.96. The molecule has 0 bridgehead atoms. The van der Waals surface area contributed by atoms with Gasteiger partial charge in [-0.05, 0) is 47.6 Å². The maximum Gasteiger partial charge on any atom is 0.252 e. The van der Waals surface area contributed by atoms with Gasteiger partial charge in [-0.1, -0.05) is 19.1 Å². The fourth-order valence-electron chi connectivity index (χ4n) is 1.51. The minimum Gasteiger partial charge on any atom is -0.344 e. The molecule has 18 heavy (non-hydrogen) atoms. The monoisotopic (exact) mass is 399 g/mol. The van der Waals surface area contributed by atoms with Crippen molar-refractivity contribution in [1.29, 1.82) is 0 Å². The van der Waals surface area contributed by atoms with Crippen molar-refractivity contribution in [2.75, 3.05) is 11.8 Å². The van der Waals surface area contributed by atoms with E-state index < -0.39 is 5.54 Å². The van der Waals surface area contributed by atoms with E-state index in [9.17, 15) is 4.79 Å². The Hall–Kier alpha value is -0.000000000000000111. The molecule has 0 aromatic heterocycles. The summed E-state index contributed by atoms with van der Waals surface area (Å²) in [5.41, 5.74) is 1.22. The molecule has 1 N–H and O–H groups in total. The van der Waals surface area contributed by atoms with Crippen LogP contribution in [0.15, 0.2) is 18.2 Å². The molecule has 0 atom stereocenters. The third-order valence-corrected chi connectivity index (χ3v) is 5.46. The highest BCUT2D eigenvalue weighted by atomic mass is 127. The Labute approximate surface area is 132 Å². The van der Waals surface area contributed by atoms with E-state index in [1.807, 2.05) is 32.0 Å². The minimum atomic E-state index is -0.535. The second-order valence-corrected chi connectivity index (χ2v) is 5.90. The maximum absolute atomic E-state index is 12.3. The first-order chi connectivity index (χ1) is 8.49. The Morgan fingerprint density at radius 1 is 1.39 bits per heavy atom. The van der Waals surface area contributed by atoms with Crippen LogP contribution in [0, 0.1) is 10.5 Å². The number of hydrogen-bond acceptors (Lipinski definition) is 1. The normalized spacial score (nSPS) is 11.4. The van der Waals surface area contributed by atoms with Gasteiger partial charge < -0.3 is 5.32 Å². The first-order valence-electron chi connectivity index (χ1n) is 5.69. The molecule has 0 saturated heterocycles. The second kappa shape index (κ2) is 6.96. The van der Waals surface area contributed by atoms with Crippen LogP contribution in [0.4, 0.5) is 0 Å². The Kier molecular flexibility index (Phi) is 6.21. The summed E-state index contributed by atoms with van der Waals surface area (Å²) >= 11 is 14.0. The van der Waals surface area contributed by atoms with Crippen molar-refractivity contribution in [1.82, 2.24) is 5.32 Å². The van der Waals surface area contributed by atoms with E-state index in [1.54, 1.807) is 0 Å². The summed E-state index contributed by atoms with van der Waals surface area (Å²) in [6, 6.07) is 5.67. The molecule has 0 radical (unpaired) electrons. The van der Waals surface area contributed by atoms with Crippen LogP contribution in [0.3, 0.4) is 0 Å². The molecular weight excluding hydrogens is 384 g/mol. The summed E-state index contributed by atoms with van der Waals surface area (Å²) in [5.74, 6) is 0.494. The number of amides is 1. The third kappa shape index (κ3) is 3.52. The molecule has 100 valence electrons. The van der Waals surface area contributed by atoms with Gasteiger partial charge in [-0.2, -0.15) is 0 Å². The Balaban J connectivity index is 2.98. The average molecular weight is 400 g/mol. The number of carbonyl (C=O) groups is 1. The van der Waals surface area contributed by atoms with Gasteiger partial charge >= 0.3 is 0 Å². The molecule has 1 aromatic carbocycles. The van der Waals surface area contributed by atoms with Gasteiger partial charge in [0.05, 0.1) is 11.1 Å². The van der Waals surface area contributed by atoms with E-state index in [4.69, 9.17) is 23.2 Å². The molecule has 1 amide bonds. The van der Waals surface area contributed by atoms with E-state index in [-0.39, 0.29) is 5.91 Å². The fraction of sp³-hybridized carbons (Fsp3) is 0.462. The van der Waals surface area contributed by atoms with Gasteiger partial charge in [-0.15, -0.1) is 23.2 Å². The smallest absolute Gasteiger partial charge is 0.252 e. The number of nitrogens with one attached hydrogen (secondary N) is 1. The summed E-state index contributed by atoms with van der Waals surface area (Å²) in [4.78, 5) is 12.3. The summed E-state index contributed by atoms with van der Waals surface area (Å²) in [6.07, 6.45) is 0.703. The van der Waals surface area contributed by atoms with Crippen LogP contribution in [0.25, 0.3) is 0 Å². The van der Waals surface area contributed by atoms with Crippen molar-refractivity contribution in [2.24, 2.45) is 0 Å². The zero-order valence-corrected chi connectivity index (χ0v) is 14.1. The Morgan fingerprint density at radius 3 is 2.50 bits per heavy atom. The van der Waals surface area contributed by atoms with Gasteiger partial charge in [0.15, 0.2) is 0 Å². The lowest BCUT2D eigenvalue weighted by molar-refractivity contribution is 0.0912. The second-order valence-electron chi connectivity index (χ2n) is 4.29. The van der Waals surface area contributed by atoms with Gasteiger partial charge in [0, 0.05) is 15.3 Å². The standard InChI is InChI=1S/C13H16Cl2INO/c1-3-13(7-14,8-15)17-12(18)10-6-4-5-9(2)11(10)16/h4-6H,3,7-8H2,1-2H3,(H,17,18). The van der Waals surface area contributed by atoms with Crippen molar-refractivity contribution in [3.05, 3.63) is 32.9 Å². The number of halogens is 3. The van der Waals surface area contributed by atoms with Crippen molar-refractivity contribution < 1.29 is 4.79 Å². The van der Waals surface area contributed by atoms with Gasteiger partial charge in [-0.25, -0.2) is 0 Å². The maximum atomic E-state index is 12.3. The highest BCUT2D eigenvalue weighted by Crippen LogP contribution is 2.20. The molecular formula is C13H16Cl2INO. The van der Waals surface area contributed by atoms with Gasteiger partial charge in [-0.3, -0.25) is 4.79 Å². The largest absolute Gasteiger partial charge is 0.344 e. The van der Waals surface area contributed by atoms with E-state index in [0.717, 1.165) is 9.13 Å². The molecule has 0 saturated carbocycles. The first kappa shape index (κ1) is 16.1. The topological polar surface area (TPSA) is 29.1 Å². The summed E-state index contributed by atoms with van der Waals surface area (Å²) < 4.78 is 0.960. The van der Waals surface area contributed by atoms with Crippen LogP contribution in [-0.2, 0) is 0 Å². The third-order valence-electron chi connectivity index (χ3n) is 3.00. The predicted octanol–water partition coefficient (Wildman–Crippen LogP) is 3.96. The number of alkyl halides is 2. The van der Waals surface area contributed by atoms with E-state index >= 15 is 0 Å². The zero-order chi connectivity index (χ0) is 13.8. The van der Waals surface area contributed by atoms with E-state index in [1.165, 1.54) is 0 Å². The van der Waals surface area contributed by atoms with Crippen LogP contribution in [0.1, 0.15) is 29.3 Å². The van der Waals surface area contributed by atoms with Crippen molar-refractivity contribution in [3.63, 3.8) is 0 Å². The minimum absolute atomic E-state index is 0.119. The Bertz CT molecular complexity index is 425. The molecule has 0 unspecified atom stereocenters. The van der Waals surface area contributed by atoms with Crippen molar-refractivity contribution >= 4 is 51.7 Å². The molecule has 0 fully saturated rings. The molecule has 0 aliphatic rings. The van der Waals surface area contributed by atoms with Crippen LogP contribution in [0.2, 0.25) is 0 Å². The highest BCUT2D eigenvalue weighted by molar-refractivity contribution is 14.1. The number of aryl methyl sites for hydroxylation is 1. The van der Waals surface area contributed by atoms with Crippen LogP contribution < -0.4 is 5.32 Å². The summed E-state index contributed by atoms with van der Waals surface area (Å²) in [6.45, 7) is 3.95. The number of rotatable bonds is 5. The van der Waals surface area contributed by atoms with Crippen LogP contribution in [0.5, 0.6) is 0 Å². The lowest BCUT2D eigenvalue weighted by atomic mass is 10.0. The molecule has 2 nitrogen and oxygen atoms in total. The van der Waals surface area contributed by atoms with Crippen LogP contribution in [-0.4, -0.2) is 23.2 Å². The number of carbonyl (C=O) groups excluding carboxylic acids is 1. The highest BCUT2D eigenvalue weighted by Gasteiger charge is 2.29. The average Bonchev–Trinajstić information content (AvgIpc) is 2.39. The lowest BCUT2D eigenvalue weighted by Gasteiger charge is -2.29. The van der Waals surface area contributed by atoms with Gasteiger partial charge in [0.25, 0.3) is 5.91 Å². The van der Waals surface area contributed by atoms with E-state index in [0.29, 0.717) is 23.7 Å².